The Bertz CT molecular complexity index is 528. The molecule has 0 fully saturated rings. The van der Waals surface area contributed by atoms with Crippen molar-refractivity contribution in [1.29, 1.82) is 0 Å². The van der Waals surface area contributed by atoms with E-state index < -0.39 is 5.97 Å². The zero-order chi connectivity index (χ0) is 12.3. The first-order valence-corrected chi connectivity index (χ1v) is 6.38. The number of hydrogen-bond donors (Lipinski definition) is 0. The monoisotopic (exact) mass is 291 g/mol. The molecule has 0 spiro atoms. The van der Waals surface area contributed by atoms with Crippen molar-refractivity contribution in [1.82, 2.24) is 25.2 Å². The fourth-order valence-electron chi connectivity index (χ4n) is 0.920. The van der Waals surface area contributed by atoms with Gasteiger partial charge >= 0.3 is 5.97 Å². The Morgan fingerprint density at radius 2 is 2.53 bits per heavy atom. The summed E-state index contributed by atoms with van der Waals surface area (Å²) in [6, 6.07) is 0. The van der Waals surface area contributed by atoms with Crippen LogP contribution in [0, 0.1) is 0 Å². The Labute approximate surface area is 109 Å². The first kappa shape index (κ1) is 12.3. The van der Waals surface area contributed by atoms with Gasteiger partial charge < -0.3 is 4.74 Å². The number of carbonyl (C=O) groups excluding carboxylic acids is 1. The molecule has 90 valence electrons. The number of hydrogen-bond acceptors (Lipinski definition) is 8. The number of esters is 1. The molecule has 0 bridgehead atoms. The maximum Gasteiger partial charge on any atom is 0.327 e. The summed E-state index contributed by atoms with van der Waals surface area (Å²) in [6.07, 6.45) is 0. The van der Waals surface area contributed by atoms with Crippen LogP contribution in [0.4, 0.5) is 0 Å². The van der Waals surface area contributed by atoms with E-state index in [1.54, 1.807) is 5.38 Å². The zero-order valence-electron chi connectivity index (χ0n) is 8.53. The van der Waals surface area contributed by atoms with Crippen LogP contribution in [0.5, 0.6) is 0 Å². The molecule has 0 saturated carbocycles. The molecule has 0 aromatic carbocycles. The molecule has 0 amide bonds. The first-order valence-electron chi connectivity index (χ1n) is 4.31. The average molecular weight is 292 g/mol. The van der Waals surface area contributed by atoms with Crippen LogP contribution in [-0.2, 0) is 16.1 Å². The van der Waals surface area contributed by atoms with Gasteiger partial charge in [-0.25, -0.2) is 9.67 Å². The van der Waals surface area contributed by atoms with Crippen molar-refractivity contribution in [3.8, 4) is 0 Å². The summed E-state index contributed by atoms with van der Waals surface area (Å²) in [5.41, 5.74) is 0. The largest absolute Gasteiger partial charge is 0.468 e. The molecule has 7 nitrogen and oxygen atoms in total. The maximum absolute atomic E-state index is 11.1. The molecule has 0 saturated heterocycles. The van der Waals surface area contributed by atoms with E-state index in [4.69, 9.17) is 11.6 Å². The number of carbonyl (C=O) groups is 1. The topological polar surface area (TPSA) is 82.8 Å². The quantitative estimate of drug-likeness (QED) is 0.780. The van der Waals surface area contributed by atoms with Crippen molar-refractivity contribution in [3.05, 3.63) is 10.5 Å². The van der Waals surface area contributed by atoms with Gasteiger partial charge in [-0.05, 0) is 22.2 Å². The smallest absolute Gasteiger partial charge is 0.327 e. The minimum atomic E-state index is -0.420. The number of nitrogens with zero attached hydrogens (tertiary/aromatic N) is 5. The van der Waals surface area contributed by atoms with Crippen LogP contribution in [0.3, 0.4) is 0 Å². The van der Waals surface area contributed by atoms with Gasteiger partial charge in [-0.3, -0.25) is 4.79 Å². The summed E-state index contributed by atoms with van der Waals surface area (Å²) in [4.78, 5) is 15.2. The van der Waals surface area contributed by atoms with E-state index >= 15 is 0 Å². The van der Waals surface area contributed by atoms with Gasteiger partial charge in [0.2, 0.25) is 5.16 Å². The molecule has 0 atom stereocenters. The molecule has 2 aromatic rings. The van der Waals surface area contributed by atoms with Crippen molar-refractivity contribution in [3.63, 3.8) is 0 Å². The van der Waals surface area contributed by atoms with Crippen molar-refractivity contribution in [2.45, 2.75) is 16.0 Å². The molecule has 17 heavy (non-hydrogen) atoms. The van der Waals surface area contributed by atoms with Gasteiger partial charge in [-0.1, -0.05) is 11.6 Å². The molecular weight excluding hydrogens is 286 g/mol. The van der Waals surface area contributed by atoms with Gasteiger partial charge in [-0.15, -0.1) is 16.4 Å². The summed E-state index contributed by atoms with van der Waals surface area (Å²) in [5, 5.41) is 13.6. The predicted octanol–water partition coefficient (Wildman–Crippen LogP) is 1.11. The first-order chi connectivity index (χ1) is 8.19. The number of aromatic nitrogens is 5. The highest BCUT2D eigenvalue weighted by atomic mass is 35.5. The molecule has 2 rings (SSSR count). The second kappa shape index (κ2) is 5.43. The normalized spacial score (nSPS) is 10.5. The lowest BCUT2D eigenvalue weighted by Gasteiger charge is -2.00. The standard InChI is InChI=1S/C7H6ClN5O2S2/c1-15-5(14)2-13-6(10-11-12-13)17-7-9-4(8)3-16-7/h3H,2H2,1H3. The van der Waals surface area contributed by atoms with Crippen LogP contribution in [0.15, 0.2) is 14.9 Å². The molecule has 0 unspecified atom stereocenters. The Hall–Kier alpha value is -1.19. The molecule has 0 radical (unpaired) electrons. The van der Waals surface area contributed by atoms with Crippen LogP contribution in [0.25, 0.3) is 0 Å². The van der Waals surface area contributed by atoms with Gasteiger partial charge in [0.1, 0.15) is 11.7 Å². The zero-order valence-corrected chi connectivity index (χ0v) is 10.9. The number of thiazole rings is 1. The Morgan fingerprint density at radius 1 is 1.71 bits per heavy atom. The predicted molar refractivity (Wildman–Crippen MR) is 61.1 cm³/mol. The van der Waals surface area contributed by atoms with Crippen LogP contribution in [0.2, 0.25) is 5.15 Å². The lowest BCUT2D eigenvalue weighted by molar-refractivity contribution is -0.141. The third-order valence-electron chi connectivity index (χ3n) is 1.64. The van der Waals surface area contributed by atoms with Gasteiger partial charge in [-0.2, -0.15) is 0 Å². The van der Waals surface area contributed by atoms with E-state index in [0.717, 1.165) is 0 Å². The highest BCUT2D eigenvalue weighted by Crippen LogP contribution is 2.29. The molecule has 10 heteroatoms. The summed E-state index contributed by atoms with van der Waals surface area (Å²) in [6.45, 7) is -0.0368. The summed E-state index contributed by atoms with van der Waals surface area (Å²) in [5.74, 6) is -0.420. The van der Waals surface area contributed by atoms with E-state index in [1.165, 1.54) is 34.9 Å². The third kappa shape index (κ3) is 3.14. The summed E-state index contributed by atoms with van der Waals surface area (Å²) < 4.78 is 6.58. The number of rotatable bonds is 4. The fourth-order valence-corrected chi connectivity index (χ4v) is 2.78. The minimum absolute atomic E-state index is 0.0368. The lowest BCUT2D eigenvalue weighted by Crippen LogP contribution is -2.13. The van der Waals surface area contributed by atoms with E-state index in [1.807, 2.05) is 0 Å². The molecule has 0 N–H and O–H groups in total. The maximum atomic E-state index is 11.1. The van der Waals surface area contributed by atoms with Crippen LogP contribution in [-0.4, -0.2) is 38.3 Å². The van der Waals surface area contributed by atoms with E-state index in [9.17, 15) is 4.79 Å². The number of tetrazole rings is 1. The van der Waals surface area contributed by atoms with Crippen molar-refractivity contribution in [2.24, 2.45) is 0 Å². The van der Waals surface area contributed by atoms with Crippen molar-refractivity contribution < 1.29 is 9.53 Å². The second-order valence-electron chi connectivity index (χ2n) is 2.73. The molecule has 0 aliphatic heterocycles. The molecular formula is C7H6ClN5O2S2. The van der Waals surface area contributed by atoms with Gasteiger partial charge in [0, 0.05) is 5.38 Å². The average Bonchev–Trinajstić information content (AvgIpc) is 2.89. The Morgan fingerprint density at radius 3 is 3.18 bits per heavy atom. The van der Waals surface area contributed by atoms with E-state index in [2.05, 4.69) is 25.2 Å². The minimum Gasteiger partial charge on any atom is -0.468 e. The van der Waals surface area contributed by atoms with Crippen LogP contribution >= 0.6 is 34.7 Å². The summed E-state index contributed by atoms with van der Waals surface area (Å²) >= 11 is 8.31. The fraction of sp³-hybridized carbons (Fsp3) is 0.286. The number of methoxy groups -OCH3 is 1. The van der Waals surface area contributed by atoms with Crippen LogP contribution in [0.1, 0.15) is 0 Å². The second-order valence-corrected chi connectivity index (χ2v) is 5.19. The van der Waals surface area contributed by atoms with E-state index in [-0.39, 0.29) is 6.54 Å². The number of ether oxygens (including phenoxy) is 1. The highest BCUT2D eigenvalue weighted by Gasteiger charge is 2.13. The number of halogens is 1. The van der Waals surface area contributed by atoms with Gasteiger partial charge in [0.25, 0.3) is 0 Å². The molecule has 0 aliphatic rings. The SMILES string of the molecule is COC(=O)Cn1nnnc1Sc1nc(Cl)cs1. The summed E-state index contributed by atoms with van der Waals surface area (Å²) in [7, 11) is 1.31. The van der Waals surface area contributed by atoms with Crippen molar-refractivity contribution in [2.75, 3.05) is 7.11 Å². The van der Waals surface area contributed by atoms with E-state index in [0.29, 0.717) is 14.6 Å². The molecule has 0 aliphatic carbocycles. The molecule has 2 heterocycles. The Balaban J connectivity index is 2.11. The Kier molecular flexibility index (Phi) is 3.92. The molecule has 2 aromatic heterocycles. The van der Waals surface area contributed by atoms with Gasteiger partial charge in [0.05, 0.1) is 7.11 Å². The highest BCUT2D eigenvalue weighted by molar-refractivity contribution is 8.00. The van der Waals surface area contributed by atoms with Crippen molar-refractivity contribution >= 4 is 40.7 Å². The third-order valence-corrected chi connectivity index (χ3v) is 3.88. The van der Waals surface area contributed by atoms with Crippen LogP contribution < -0.4 is 0 Å². The van der Waals surface area contributed by atoms with Gasteiger partial charge in [0.15, 0.2) is 4.34 Å². The lowest BCUT2D eigenvalue weighted by atomic mass is 10.7.